The number of nitrogens with one attached hydrogen (secondary N) is 1. The number of hydrogen-bond donors (Lipinski definition) is 2. The third-order valence-electron chi connectivity index (χ3n) is 3.03. The summed E-state index contributed by atoms with van der Waals surface area (Å²) in [6.45, 7) is 2.64. The number of aromatic amines is 1. The van der Waals surface area contributed by atoms with Crippen molar-refractivity contribution in [3.05, 3.63) is 42.5 Å². The van der Waals surface area contributed by atoms with E-state index in [0.717, 1.165) is 33.6 Å². The van der Waals surface area contributed by atoms with Crippen molar-refractivity contribution in [2.24, 2.45) is 0 Å². The Morgan fingerprint density at radius 2 is 1.95 bits per heavy atom. The van der Waals surface area contributed by atoms with Crippen LogP contribution >= 0.6 is 0 Å². The molecule has 0 aliphatic carbocycles. The van der Waals surface area contributed by atoms with Crippen LogP contribution in [0.25, 0.3) is 22.2 Å². The van der Waals surface area contributed by atoms with Crippen molar-refractivity contribution in [3.8, 4) is 17.0 Å². The predicted octanol–water partition coefficient (Wildman–Crippen LogP) is 3.21. The third kappa shape index (κ3) is 2.12. The zero-order chi connectivity index (χ0) is 13.2. The van der Waals surface area contributed by atoms with Crippen LogP contribution in [0.1, 0.15) is 6.92 Å². The highest BCUT2D eigenvalue weighted by atomic mass is 16.5. The maximum absolute atomic E-state index is 5.76. The molecule has 4 heteroatoms. The molecule has 0 saturated heterocycles. The van der Waals surface area contributed by atoms with Crippen molar-refractivity contribution < 1.29 is 4.74 Å². The van der Waals surface area contributed by atoms with Crippen molar-refractivity contribution in [2.45, 2.75) is 6.92 Å². The van der Waals surface area contributed by atoms with Gasteiger partial charge in [0.25, 0.3) is 0 Å². The molecule has 3 N–H and O–H groups in total. The summed E-state index contributed by atoms with van der Waals surface area (Å²) < 4.78 is 5.44. The second-order valence-corrected chi connectivity index (χ2v) is 4.33. The fourth-order valence-electron chi connectivity index (χ4n) is 2.13. The Bertz CT molecular complexity index is 701. The number of anilines is 1. The summed E-state index contributed by atoms with van der Waals surface area (Å²) in [4.78, 5) is 0. The zero-order valence-electron chi connectivity index (χ0n) is 10.7. The Kier molecular flexibility index (Phi) is 2.83. The summed E-state index contributed by atoms with van der Waals surface area (Å²) in [5.41, 5.74) is 9.42. The van der Waals surface area contributed by atoms with Crippen LogP contribution in [-0.4, -0.2) is 16.8 Å². The lowest BCUT2D eigenvalue weighted by atomic mass is 10.1. The Morgan fingerprint density at radius 1 is 1.16 bits per heavy atom. The predicted molar refractivity (Wildman–Crippen MR) is 77.1 cm³/mol. The number of H-pyrrole nitrogens is 1. The molecule has 2 aromatic carbocycles. The number of hydrogen-bond acceptors (Lipinski definition) is 3. The van der Waals surface area contributed by atoms with Gasteiger partial charge in [0.05, 0.1) is 17.8 Å². The molecule has 0 atom stereocenters. The van der Waals surface area contributed by atoms with E-state index in [4.69, 9.17) is 10.5 Å². The average Bonchev–Trinajstić information content (AvgIpc) is 2.83. The molecule has 3 aromatic rings. The van der Waals surface area contributed by atoms with Crippen LogP contribution in [0.4, 0.5) is 5.69 Å². The fraction of sp³-hybridized carbons (Fsp3) is 0.133. The smallest absolute Gasteiger partial charge is 0.119 e. The van der Waals surface area contributed by atoms with Crippen LogP contribution in [0.3, 0.4) is 0 Å². The summed E-state index contributed by atoms with van der Waals surface area (Å²) in [5.74, 6) is 0.871. The summed E-state index contributed by atoms with van der Waals surface area (Å²) in [6, 6.07) is 13.7. The molecule has 0 amide bonds. The molecule has 4 nitrogen and oxygen atoms in total. The number of nitrogens with two attached hydrogens (primary N) is 1. The van der Waals surface area contributed by atoms with Gasteiger partial charge in [0.2, 0.25) is 0 Å². The van der Waals surface area contributed by atoms with Gasteiger partial charge < -0.3 is 10.5 Å². The van der Waals surface area contributed by atoms with E-state index in [1.54, 1.807) is 0 Å². The Labute approximate surface area is 111 Å². The molecule has 0 aliphatic heterocycles. The molecule has 0 unspecified atom stereocenters. The van der Waals surface area contributed by atoms with Crippen LogP contribution < -0.4 is 10.5 Å². The maximum atomic E-state index is 5.76. The topological polar surface area (TPSA) is 63.9 Å². The van der Waals surface area contributed by atoms with Crippen LogP contribution in [-0.2, 0) is 0 Å². The van der Waals surface area contributed by atoms with E-state index >= 15 is 0 Å². The molecular weight excluding hydrogens is 238 g/mol. The largest absolute Gasteiger partial charge is 0.494 e. The first-order valence-corrected chi connectivity index (χ1v) is 6.25. The maximum Gasteiger partial charge on any atom is 0.119 e. The molecule has 19 heavy (non-hydrogen) atoms. The summed E-state index contributed by atoms with van der Waals surface area (Å²) in [7, 11) is 0. The van der Waals surface area contributed by atoms with Gasteiger partial charge in [-0.2, -0.15) is 5.10 Å². The lowest BCUT2D eigenvalue weighted by Gasteiger charge is -2.03. The molecule has 0 bridgehead atoms. The zero-order valence-corrected chi connectivity index (χ0v) is 10.7. The van der Waals surface area contributed by atoms with E-state index in [-0.39, 0.29) is 0 Å². The van der Waals surface area contributed by atoms with Crippen LogP contribution in [0, 0.1) is 0 Å². The van der Waals surface area contributed by atoms with Crippen molar-refractivity contribution in [2.75, 3.05) is 12.3 Å². The summed E-state index contributed by atoms with van der Waals surface area (Å²) in [5, 5.41) is 8.43. The van der Waals surface area contributed by atoms with E-state index in [9.17, 15) is 0 Å². The first kappa shape index (κ1) is 11.6. The number of nitrogens with zero attached hydrogens (tertiary/aromatic N) is 1. The highest BCUT2D eigenvalue weighted by Gasteiger charge is 2.08. The number of benzene rings is 2. The number of aromatic nitrogens is 2. The number of nitrogen functional groups attached to an aromatic ring is 1. The van der Waals surface area contributed by atoms with Gasteiger partial charge in [-0.25, -0.2) is 0 Å². The lowest BCUT2D eigenvalue weighted by Crippen LogP contribution is -1.90. The van der Waals surface area contributed by atoms with E-state index in [0.29, 0.717) is 6.61 Å². The first-order valence-electron chi connectivity index (χ1n) is 6.25. The summed E-state index contributed by atoms with van der Waals surface area (Å²) in [6.07, 6.45) is 0. The van der Waals surface area contributed by atoms with Crippen LogP contribution in [0.5, 0.6) is 5.75 Å². The number of ether oxygens (including phenoxy) is 1. The molecule has 0 aliphatic rings. The SMILES string of the molecule is CCOc1ccc(-c2n[nH]c3cc(N)ccc23)cc1. The number of fused-ring (bicyclic) bond motifs is 1. The monoisotopic (exact) mass is 253 g/mol. The van der Waals surface area contributed by atoms with Gasteiger partial charge in [0.15, 0.2) is 0 Å². The van der Waals surface area contributed by atoms with Crippen molar-refractivity contribution in [1.82, 2.24) is 10.2 Å². The van der Waals surface area contributed by atoms with Gasteiger partial charge in [-0.05, 0) is 49.4 Å². The van der Waals surface area contributed by atoms with Gasteiger partial charge in [0, 0.05) is 16.6 Å². The molecule has 96 valence electrons. The molecule has 0 spiro atoms. The number of rotatable bonds is 3. The molecule has 3 rings (SSSR count). The minimum absolute atomic E-state index is 0.671. The third-order valence-corrected chi connectivity index (χ3v) is 3.03. The van der Waals surface area contributed by atoms with E-state index in [1.807, 2.05) is 49.4 Å². The van der Waals surface area contributed by atoms with Crippen molar-refractivity contribution in [1.29, 1.82) is 0 Å². The van der Waals surface area contributed by atoms with Gasteiger partial charge in [0.1, 0.15) is 5.75 Å². The molecular formula is C15H15N3O. The van der Waals surface area contributed by atoms with Crippen LogP contribution in [0.15, 0.2) is 42.5 Å². The van der Waals surface area contributed by atoms with Crippen LogP contribution in [0.2, 0.25) is 0 Å². The Balaban J connectivity index is 2.04. The van der Waals surface area contributed by atoms with Gasteiger partial charge >= 0.3 is 0 Å². The second kappa shape index (κ2) is 4.65. The standard InChI is InChI=1S/C15H15N3O/c1-2-19-12-6-3-10(4-7-12)15-13-8-5-11(16)9-14(13)17-18-15/h3-9H,2,16H2,1H3,(H,17,18). The second-order valence-electron chi connectivity index (χ2n) is 4.33. The van der Waals surface area contributed by atoms with Gasteiger partial charge in [-0.1, -0.05) is 0 Å². The Hall–Kier alpha value is -2.49. The molecule has 1 heterocycles. The molecule has 0 saturated carbocycles. The van der Waals surface area contributed by atoms with Gasteiger partial charge in [-0.15, -0.1) is 0 Å². The minimum Gasteiger partial charge on any atom is -0.494 e. The highest BCUT2D eigenvalue weighted by Crippen LogP contribution is 2.28. The molecule has 1 aromatic heterocycles. The minimum atomic E-state index is 0.671. The molecule has 0 radical (unpaired) electrons. The quantitative estimate of drug-likeness (QED) is 0.704. The van der Waals surface area contributed by atoms with Crippen molar-refractivity contribution >= 4 is 16.6 Å². The van der Waals surface area contributed by atoms with Crippen molar-refractivity contribution in [3.63, 3.8) is 0 Å². The van der Waals surface area contributed by atoms with E-state index in [1.165, 1.54) is 0 Å². The molecule has 0 fully saturated rings. The normalized spacial score (nSPS) is 10.8. The fourth-order valence-corrected chi connectivity index (χ4v) is 2.13. The van der Waals surface area contributed by atoms with E-state index in [2.05, 4.69) is 10.2 Å². The Morgan fingerprint density at radius 3 is 2.68 bits per heavy atom. The summed E-state index contributed by atoms with van der Waals surface area (Å²) >= 11 is 0. The first-order chi connectivity index (χ1) is 9.28. The highest BCUT2D eigenvalue weighted by molar-refractivity contribution is 5.94. The lowest BCUT2D eigenvalue weighted by molar-refractivity contribution is 0.340. The van der Waals surface area contributed by atoms with E-state index < -0.39 is 0 Å². The average molecular weight is 253 g/mol. The van der Waals surface area contributed by atoms with Gasteiger partial charge in [-0.3, -0.25) is 5.10 Å².